The second-order valence-corrected chi connectivity index (χ2v) is 5.26. The third kappa shape index (κ3) is 3.29. The highest BCUT2D eigenvalue weighted by molar-refractivity contribution is 5.52. The minimum absolute atomic E-state index is 0.388. The summed E-state index contributed by atoms with van der Waals surface area (Å²) in [6.45, 7) is 3.45. The van der Waals surface area contributed by atoms with Crippen LogP contribution < -0.4 is 15.2 Å². The smallest absolute Gasteiger partial charge is 0.162 e. The highest BCUT2D eigenvalue weighted by atomic mass is 16.5. The normalized spacial score (nSPS) is 16.5. The molecule has 3 heteroatoms. The van der Waals surface area contributed by atoms with Gasteiger partial charge in [0.05, 0.1) is 13.2 Å². The summed E-state index contributed by atoms with van der Waals surface area (Å²) < 4.78 is 11.5. The van der Waals surface area contributed by atoms with E-state index in [1.807, 2.05) is 42.5 Å². The van der Waals surface area contributed by atoms with Crippen LogP contribution in [0.3, 0.4) is 0 Å². The Bertz CT molecular complexity index is 713. The molecule has 106 valence electrons. The van der Waals surface area contributed by atoms with Crippen molar-refractivity contribution in [3.8, 4) is 23.3 Å². The fourth-order valence-corrected chi connectivity index (χ4v) is 2.09. The topological polar surface area (TPSA) is 44.5 Å². The van der Waals surface area contributed by atoms with E-state index in [9.17, 15) is 0 Å². The van der Waals surface area contributed by atoms with Gasteiger partial charge in [0.1, 0.15) is 0 Å². The van der Waals surface area contributed by atoms with Crippen molar-refractivity contribution in [1.29, 1.82) is 0 Å². The highest BCUT2D eigenvalue weighted by Crippen LogP contribution is 2.31. The largest absolute Gasteiger partial charge is 0.489 e. The Morgan fingerprint density at radius 2 is 1.67 bits per heavy atom. The molecular weight excluding hydrogens is 262 g/mol. The summed E-state index contributed by atoms with van der Waals surface area (Å²) in [5.41, 5.74) is 8.26. The number of ether oxygens (including phenoxy) is 2. The van der Waals surface area contributed by atoms with Crippen molar-refractivity contribution < 1.29 is 9.47 Å². The van der Waals surface area contributed by atoms with Crippen molar-refractivity contribution in [3.05, 3.63) is 53.6 Å². The molecule has 0 aliphatic carbocycles. The van der Waals surface area contributed by atoms with Gasteiger partial charge in [0.15, 0.2) is 11.5 Å². The van der Waals surface area contributed by atoms with Crippen LogP contribution in [-0.4, -0.2) is 13.2 Å². The summed E-state index contributed by atoms with van der Waals surface area (Å²) in [5, 5.41) is 0. The van der Waals surface area contributed by atoms with Crippen molar-refractivity contribution >= 4 is 5.69 Å². The Balaban J connectivity index is 1.85. The molecule has 1 aliphatic heterocycles. The number of nitrogens with two attached hydrogens (primary N) is 1. The van der Waals surface area contributed by atoms with Crippen LogP contribution in [0.1, 0.15) is 18.1 Å². The van der Waals surface area contributed by atoms with E-state index in [0.717, 1.165) is 28.3 Å². The highest BCUT2D eigenvalue weighted by Gasteiger charge is 2.14. The summed E-state index contributed by atoms with van der Waals surface area (Å²) >= 11 is 0. The quantitative estimate of drug-likeness (QED) is 0.595. The molecule has 0 saturated heterocycles. The van der Waals surface area contributed by atoms with Gasteiger partial charge in [-0.05, 0) is 36.4 Å². The Morgan fingerprint density at radius 3 is 2.43 bits per heavy atom. The summed E-state index contributed by atoms with van der Waals surface area (Å²) in [4.78, 5) is 0. The zero-order chi connectivity index (χ0) is 14.7. The van der Waals surface area contributed by atoms with E-state index in [1.165, 1.54) is 0 Å². The van der Waals surface area contributed by atoms with Crippen LogP contribution in [0, 0.1) is 17.8 Å². The molecule has 21 heavy (non-hydrogen) atoms. The number of rotatable bonds is 0. The molecule has 0 aromatic heterocycles. The van der Waals surface area contributed by atoms with Crippen LogP contribution in [-0.2, 0) is 0 Å². The van der Waals surface area contributed by atoms with Gasteiger partial charge in [-0.2, -0.15) is 0 Å². The maximum Gasteiger partial charge on any atom is 0.162 e. The van der Waals surface area contributed by atoms with E-state index >= 15 is 0 Å². The average Bonchev–Trinajstić information content (AvgIpc) is 2.67. The fraction of sp³-hybridized carbons (Fsp3) is 0.222. The summed E-state index contributed by atoms with van der Waals surface area (Å²) in [6, 6.07) is 13.3. The number of nitrogen functional groups attached to an aromatic ring is 1. The van der Waals surface area contributed by atoms with E-state index in [2.05, 4.69) is 18.8 Å². The van der Waals surface area contributed by atoms with Gasteiger partial charge in [-0.25, -0.2) is 0 Å². The number of anilines is 1. The summed E-state index contributed by atoms with van der Waals surface area (Å²) in [7, 11) is 0. The first-order chi connectivity index (χ1) is 10.2. The van der Waals surface area contributed by atoms with Crippen LogP contribution in [0.15, 0.2) is 42.5 Å². The van der Waals surface area contributed by atoms with Crippen LogP contribution in [0.2, 0.25) is 0 Å². The molecule has 1 aliphatic rings. The number of fused-ring (bicyclic) bond motifs is 1. The summed E-state index contributed by atoms with van der Waals surface area (Å²) in [6.07, 6.45) is 0. The van der Waals surface area contributed by atoms with E-state index in [-0.39, 0.29) is 0 Å². The Morgan fingerprint density at radius 1 is 0.952 bits per heavy atom. The molecular formula is C18H17NO2. The molecule has 0 radical (unpaired) electrons. The predicted molar refractivity (Wildman–Crippen MR) is 83.4 cm³/mol. The number of hydrogen-bond donors (Lipinski definition) is 1. The van der Waals surface area contributed by atoms with Crippen LogP contribution in [0.5, 0.6) is 11.5 Å². The van der Waals surface area contributed by atoms with Crippen LogP contribution in [0.25, 0.3) is 0 Å². The van der Waals surface area contributed by atoms with E-state index in [1.54, 1.807) is 0 Å². The van der Waals surface area contributed by atoms with Crippen molar-refractivity contribution in [2.24, 2.45) is 5.92 Å². The first kappa shape index (κ1) is 13.4. The number of benzene rings is 2. The fourth-order valence-electron chi connectivity index (χ4n) is 2.09. The lowest BCUT2D eigenvalue weighted by Gasteiger charge is -2.06. The van der Waals surface area contributed by atoms with E-state index < -0.39 is 0 Å². The molecule has 0 amide bonds. The second kappa shape index (κ2) is 5.80. The maximum atomic E-state index is 5.76. The number of hydrogen-bond acceptors (Lipinski definition) is 3. The van der Waals surface area contributed by atoms with E-state index in [0.29, 0.717) is 19.1 Å². The molecule has 1 atom stereocenters. The minimum atomic E-state index is 0.388. The molecule has 2 aromatic carbocycles. The Labute approximate surface area is 124 Å². The van der Waals surface area contributed by atoms with Crippen LogP contribution in [0.4, 0.5) is 5.69 Å². The molecule has 1 heterocycles. The monoisotopic (exact) mass is 279 g/mol. The maximum absolute atomic E-state index is 5.76. The molecule has 0 bridgehead atoms. The van der Waals surface area contributed by atoms with Gasteiger partial charge < -0.3 is 15.2 Å². The van der Waals surface area contributed by atoms with Gasteiger partial charge in [0.25, 0.3) is 0 Å². The molecule has 2 aromatic rings. The standard InChI is InChI=1S/C18H17NO2/c1-13-11-20-17-8-7-15(10-18(17)21-12-13)6-5-14-3-2-4-16(19)9-14/h2-4,7-10,13H,11-12,19H2,1H3. The molecule has 1 unspecified atom stereocenters. The second-order valence-electron chi connectivity index (χ2n) is 5.26. The third-order valence-corrected chi connectivity index (χ3v) is 3.23. The first-order valence-electron chi connectivity index (χ1n) is 6.98. The lowest BCUT2D eigenvalue weighted by Crippen LogP contribution is -2.12. The molecule has 0 fully saturated rings. The van der Waals surface area contributed by atoms with E-state index in [4.69, 9.17) is 15.2 Å². The first-order valence-corrected chi connectivity index (χ1v) is 6.98. The average molecular weight is 279 g/mol. The molecule has 0 saturated carbocycles. The molecule has 3 nitrogen and oxygen atoms in total. The van der Waals surface area contributed by atoms with Gasteiger partial charge in [-0.15, -0.1) is 0 Å². The van der Waals surface area contributed by atoms with Crippen molar-refractivity contribution in [1.82, 2.24) is 0 Å². The summed E-state index contributed by atoms with van der Waals surface area (Å²) in [5.74, 6) is 8.17. The minimum Gasteiger partial charge on any atom is -0.489 e. The molecule has 3 rings (SSSR count). The molecule has 2 N–H and O–H groups in total. The molecule has 0 spiro atoms. The van der Waals surface area contributed by atoms with Crippen molar-refractivity contribution in [2.45, 2.75) is 6.92 Å². The third-order valence-electron chi connectivity index (χ3n) is 3.23. The van der Waals surface area contributed by atoms with Gasteiger partial charge in [0.2, 0.25) is 0 Å². The Kier molecular flexibility index (Phi) is 3.70. The Hall–Kier alpha value is -2.60. The lowest BCUT2D eigenvalue weighted by atomic mass is 10.1. The van der Waals surface area contributed by atoms with Crippen molar-refractivity contribution in [3.63, 3.8) is 0 Å². The zero-order valence-corrected chi connectivity index (χ0v) is 11.9. The van der Waals surface area contributed by atoms with Crippen molar-refractivity contribution in [2.75, 3.05) is 18.9 Å². The SMILES string of the molecule is CC1COc2ccc(C#Cc3cccc(N)c3)cc2OC1. The zero-order valence-electron chi connectivity index (χ0n) is 11.9. The van der Waals surface area contributed by atoms with Gasteiger partial charge in [-0.1, -0.05) is 24.8 Å². The van der Waals surface area contributed by atoms with Gasteiger partial charge in [0, 0.05) is 22.7 Å². The van der Waals surface area contributed by atoms with Crippen LogP contribution >= 0.6 is 0 Å². The van der Waals surface area contributed by atoms with Gasteiger partial charge >= 0.3 is 0 Å². The predicted octanol–water partition coefficient (Wildman–Crippen LogP) is 3.08. The van der Waals surface area contributed by atoms with Gasteiger partial charge in [-0.3, -0.25) is 0 Å². The lowest BCUT2D eigenvalue weighted by molar-refractivity contribution is 0.228.